The number of esters is 1. The highest BCUT2D eigenvalue weighted by Crippen LogP contribution is 2.24. The SMILES string of the molecule is O=C(OCc1cn2ccccc2n1)c1ccccc1SCC(=O)N1CCCC1. The van der Waals surface area contributed by atoms with Crippen LogP contribution in [-0.2, 0) is 16.1 Å². The fraction of sp³-hybridized carbons (Fsp3) is 0.286. The third kappa shape index (κ3) is 4.20. The Morgan fingerprint density at radius 3 is 2.68 bits per heavy atom. The first-order valence-electron chi connectivity index (χ1n) is 9.30. The van der Waals surface area contributed by atoms with Gasteiger partial charge in [-0.05, 0) is 37.1 Å². The summed E-state index contributed by atoms with van der Waals surface area (Å²) in [5.41, 5.74) is 1.98. The van der Waals surface area contributed by atoms with Crippen molar-refractivity contribution in [3.8, 4) is 0 Å². The second-order valence-corrected chi connectivity index (χ2v) is 7.66. The molecule has 1 aliphatic heterocycles. The van der Waals surface area contributed by atoms with Crippen molar-refractivity contribution < 1.29 is 14.3 Å². The molecule has 2 aromatic heterocycles. The fourth-order valence-electron chi connectivity index (χ4n) is 3.23. The molecule has 3 heterocycles. The lowest BCUT2D eigenvalue weighted by Crippen LogP contribution is -2.29. The third-order valence-corrected chi connectivity index (χ3v) is 5.74. The number of benzene rings is 1. The van der Waals surface area contributed by atoms with E-state index in [1.807, 2.05) is 52.0 Å². The number of fused-ring (bicyclic) bond motifs is 1. The number of ether oxygens (including phenoxy) is 1. The second kappa shape index (κ2) is 8.48. The summed E-state index contributed by atoms with van der Waals surface area (Å²) >= 11 is 1.38. The Bertz CT molecular complexity index is 962. The van der Waals surface area contributed by atoms with Crippen LogP contribution in [0.3, 0.4) is 0 Å². The molecule has 144 valence electrons. The number of thioether (sulfide) groups is 1. The predicted octanol–water partition coefficient (Wildman–Crippen LogP) is 3.41. The lowest BCUT2D eigenvalue weighted by Gasteiger charge is -2.15. The Balaban J connectivity index is 1.39. The van der Waals surface area contributed by atoms with Gasteiger partial charge in [0.25, 0.3) is 0 Å². The van der Waals surface area contributed by atoms with Gasteiger partial charge >= 0.3 is 5.97 Å². The normalized spacial score (nSPS) is 13.8. The zero-order chi connectivity index (χ0) is 19.3. The first-order valence-corrected chi connectivity index (χ1v) is 10.3. The van der Waals surface area contributed by atoms with Crippen LogP contribution in [0.2, 0.25) is 0 Å². The molecule has 0 N–H and O–H groups in total. The smallest absolute Gasteiger partial charge is 0.339 e. The number of likely N-dealkylation sites (tertiary alicyclic amines) is 1. The van der Waals surface area contributed by atoms with Crippen LogP contribution in [0.15, 0.2) is 59.8 Å². The summed E-state index contributed by atoms with van der Waals surface area (Å²) in [6.07, 6.45) is 5.89. The number of nitrogens with zero attached hydrogens (tertiary/aromatic N) is 3. The Hall–Kier alpha value is -2.80. The first kappa shape index (κ1) is 18.6. The van der Waals surface area contributed by atoms with Gasteiger partial charge in [0.05, 0.1) is 17.0 Å². The van der Waals surface area contributed by atoms with Gasteiger partial charge in [0, 0.05) is 30.4 Å². The molecular formula is C21H21N3O3S. The van der Waals surface area contributed by atoms with E-state index in [9.17, 15) is 9.59 Å². The summed E-state index contributed by atoms with van der Waals surface area (Å²) in [5, 5.41) is 0. The highest BCUT2D eigenvalue weighted by atomic mass is 32.2. The maximum Gasteiger partial charge on any atom is 0.339 e. The summed E-state index contributed by atoms with van der Waals surface area (Å²) in [7, 11) is 0. The summed E-state index contributed by atoms with van der Waals surface area (Å²) in [5.74, 6) is 0.0423. The van der Waals surface area contributed by atoms with E-state index in [1.165, 1.54) is 11.8 Å². The Morgan fingerprint density at radius 2 is 1.86 bits per heavy atom. The standard InChI is InChI=1S/C21H21N3O3S/c25-20(23-10-5-6-11-23)15-28-18-8-2-1-7-17(18)21(26)27-14-16-13-24-12-4-3-9-19(24)22-16/h1-4,7-9,12-13H,5-6,10-11,14-15H2. The number of rotatable bonds is 6. The molecule has 0 radical (unpaired) electrons. The van der Waals surface area contributed by atoms with E-state index in [1.54, 1.807) is 12.1 Å². The highest BCUT2D eigenvalue weighted by molar-refractivity contribution is 8.00. The lowest BCUT2D eigenvalue weighted by atomic mass is 10.2. The van der Waals surface area contributed by atoms with Gasteiger partial charge in [0.2, 0.25) is 5.91 Å². The number of carbonyl (C=O) groups excluding carboxylic acids is 2. The number of hydrogen-bond acceptors (Lipinski definition) is 5. The molecule has 6 nitrogen and oxygen atoms in total. The van der Waals surface area contributed by atoms with Crippen molar-refractivity contribution in [1.82, 2.24) is 14.3 Å². The molecule has 1 fully saturated rings. The van der Waals surface area contributed by atoms with Crippen molar-refractivity contribution in [3.63, 3.8) is 0 Å². The van der Waals surface area contributed by atoms with Gasteiger partial charge in [-0.3, -0.25) is 4.79 Å². The maximum absolute atomic E-state index is 12.6. The molecule has 3 aromatic rings. The minimum Gasteiger partial charge on any atom is -0.455 e. The van der Waals surface area contributed by atoms with Gasteiger partial charge in [-0.15, -0.1) is 11.8 Å². The molecule has 0 atom stereocenters. The molecule has 7 heteroatoms. The summed E-state index contributed by atoms with van der Waals surface area (Å²) in [4.78, 5) is 31.9. The second-order valence-electron chi connectivity index (χ2n) is 6.65. The van der Waals surface area contributed by atoms with Gasteiger partial charge in [-0.1, -0.05) is 18.2 Å². The number of hydrogen-bond donors (Lipinski definition) is 0. The topological polar surface area (TPSA) is 63.9 Å². The van der Waals surface area contributed by atoms with Crippen LogP contribution >= 0.6 is 11.8 Å². The number of aromatic nitrogens is 2. The average Bonchev–Trinajstić information content (AvgIpc) is 3.40. The van der Waals surface area contributed by atoms with Crippen molar-refractivity contribution in [1.29, 1.82) is 0 Å². The van der Waals surface area contributed by atoms with Crippen molar-refractivity contribution >= 4 is 29.3 Å². The van der Waals surface area contributed by atoms with E-state index in [4.69, 9.17) is 4.74 Å². The Kier molecular flexibility index (Phi) is 5.62. The zero-order valence-electron chi connectivity index (χ0n) is 15.4. The number of imidazole rings is 1. The van der Waals surface area contributed by atoms with E-state index in [0.29, 0.717) is 17.0 Å². The van der Waals surface area contributed by atoms with E-state index < -0.39 is 5.97 Å². The van der Waals surface area contributed by atoms with E-state index in [0.717, 1.165) is 36.5 Å². The minimum atomic E-state index is -0.409. The maximum atomic E-state index is 12.6. The van der Waals surface area contributed by atoms with Crippen LogP contribution in [-0.4, -0.2) is 45.0 Å². The van der Waals surface area contributed by atoms with Gasteiger partial charge in [-0.25, -0.2) is 9.78 Å². The molecule has 1 aliphatic rings. The van der Waals surface area contributed by atoms with E-state index in [2.05, 4.69) is 4.98 Å². The molecule has 0 aliphatic carbocycles. The van der Waals surface area contributed by atoms with Crippen LogP contribution in [0.1, 0.15) is 28.9 Å². The highest BCUT2D eigenvalue weighted by Gasteiger charge is 2.19. The Morgan fingerprint density at radius 1 is 1.07 bits per heavy atom. The van der Waals surface area contributed by atoms with E-state index >= 15 is 0 Å². The van der Waals surface area contributed by atoms with Crippen LogP contribution in [0, 0.1) is 0 Å². The lowest BCUT2D eigenvalue weighted by molar-refractivity contribution is -0.127. The molecule has 1 amide bonds. The minimum absolute atomic E-state index is 0.103. The van der Waals surface area contributed by atoms with Crippen LogP contribution in [0.5, 0.6) is 0 Å². The molecule has 1 aromatic carbocycles. The average molecular weight is 395 g/mol. The molecule has 0 spiro atoms. The molecule has 0 saturated carbocycles. The van der Waals surface area contributed by atoms with Gasteiger partial charge in [0.1, 0.15) is 12.3 Å². The predicted molar refractivity (Wildman–Crippen MR) is 107 cm³/mol. The fourth-order valence-corrected chi connectivity index (χ4v) is 4.18. The molecular weight excluding hydrogens is 374 g/mol. The first-order chi connectivity index (χ1) is 13.7. The quantitative estimate of drug-likeness (QED) is 0.473. The van der Waals surface area contributed by atoms with Gasteiger partial charge in [-0.2, -0.15) is 0 Å². The monoisotopic (exact) mass is 395 g/mol. The summed E-state index contributed by atoms with van der Waals surface area (Å²) < 4.78 is 7.35. The molecule has 4 rings (SSSR count). The summed E-state index contributed by atoms with van der Waals surface area (Å²) in [6, 6.07) is 13.0. The van der Waals surface area contributed by atoms with Crippen LogP contribution in [0.4, 0.5) is 0 Å². The molecule has 28 heavy (non-hydrogen) atoms. The van der Waals surface area contributed by atoms with Crippen molar-refractivity contribution in [2.24, 2.45) is 0 Å². The van der Waals surface area contributed by atoms with Crippen molar-refractivity contribution in [3.05, 3.63) is 66.1 Å². The van der Waals surface area contributed by atoms with Gasteiger partial charge < -0.3 is 14.0 Å². The zero-order valence-corrected chi connectivity index (χ0v) is 16.2. The van der Waals surface area contributed by atoms with E-state index in [-0.39, 0.29) is 12.5 Å². The third-order valence-electron chi connectivity index (χ3n) is 4.68. The van der Waals surface area contributed by atoms with Crippen molar-refractivity contribution in [2.45, 2.75) is 24.3 Å². The number of carbonyl (C=O) groups is 2. The van der Waals surface area contributed by atoms with Crippen LogP contribution < -0.4 is 0 Å². The Labute approximate surface area is 167 Å². The molecule has 0 unspecified atom stereocenters. The number of amides is 1. The van der Waals surface area contributed by atoms with Crippen molar-refractivity contribution in [2.75, 3.05) is 18.8 Å². The molecule has 1 saturated heterocycles. The van der Waals surface area contributed by atoms with Crippen LogP contribution in [0.25, 0.3) is 5.65 Å². The summed E-state index contributed by atoms with van der Waals surface area (Å²) in [6.45, 7) is 1.77. The van der Waals surface area contributed by atoms with Gasteiger partial charge in [0.15, 0.2) is 0 Å². The number of pyridine rings is 1. The molecule has 0 bridgehead atoms. The largest absolute Gasteiger partial charge is 0.455 e.